The topological polar surface area (TPSA) is 77.0 Å². The van der Waals surface area contributed by atoms with E-state index in [2.05, 4.69) is 20.6 Å². The van der Waals surface area contributed by atoms with Crippen molar-refractivity contribution in [2.24, 2.45) is 0 Å². The Bertz CT molecular complexity index is 1310. The van der Waals surface area contributed by atoms with Gasteiger partial charge >= 0.3 is 0 Å². The molecule has 4 rings (SSSR count). The van der Waals surface area contributed by atoms with Crippen molar-refractivity contribution in [1.82, 2.24) is 19.9 Å². The molecule has 2 aromatic carbocycles. The average molecular weight is 506 g/mol. The highest BCUT2D eigenvalue weighted by molar-refractivity contribution is 7.71. The van der Waals surface area contributed by atoms with Crippen LogP contribution in [0.1, 0.15) is 11.1 Å². The first-order valence-corrected chi connectivity index (χ1v) is 10.9. The van der Waals surface area contributed by atoms with Crippen molar-refractivity contribution in [3.63, 3.8) is 0 Å². The third kappa shape index (κ3) is 5.11. The van der Waals surface area contributed by atoms with E-state index >= 15 is 0 Å². The molecule has 0 saturated heterocycles. The molecule has 0 saturated carbocycles. The normalized spacial score (nSPS) is 10.8. The van der Waals surface area contributed by atoms with Gasteiger partial charge < -0.3 is 14.9 Å². The van der Waals surface area contributed by atoms with E-state index in [0.29, 0.717) is 33.7 Å². The van der Waals surface area contributed by atoms with Gasteiger partial charge in [-0.15, -0.1) is 0 Å². The molecule has 4 aromatic rings. The maximum Gasteiger partial charge on any atom is 0.214 e. The lowest BCUT2D eigenvalue weighted by Crippen LogP contribution is -2.16. The molecule has 0 bridgehead atoms. The minimum absolute atomic E-state index is 0.0986. The minimum atomic E-state index is -0.458. The van der Waals surface area contributed by atoms with Crippen LogP contribution in [0.3, 0.4) is 0 Å². The first-order valence-electron chi connectivity index (χ1n) is 9.71. The van der Waals surface area contributed by atoms with Crippen LogP contribution in [0, 0.1) is 10.6 Å². The van der Waals surface area contributed by atoms with Gasteiger partial charge in [-0.2, -0.15) is 5.10 Å². The molecule has 0 aliphatic carbocycles. The number of pyridine rings is 1. The molecule has 33 heavy (non-hydrogen) atoms. The third-order valence-electron chi connectivity index (χ3n) is 4.76. The SMILES string of the molecule is COc1cc(CNn2c(-c3ccncc3)n[nH]c2=S)cc(Cl)c1OCc1c(F)cccc1Cl. The van der Waals surface area contributed by atoms with Crippen molar-refractivity contribution >= 4 is 35.4 Å². The Morgan fingerprint density at radius 1 is 1.15 bits per heavy atom. The summed E-state index contributed by atoms with van der Waals surface area (Å²) in [5.74, 6) is 0.846. The number of methoxy groups -OCH3 is 1. The van der Waals surface area contributed by atoms with Crippen LogP contribution >= 0.6 is 35.4 Å². The first-order chi connectivity index (χ1) is 16.0. The molecule has 7 nitrogen and oxygen atoms in total. The zero-order valence-corrected chi connectivity index (χ0v) is 19.6. The molecule has 0 atom stereocenters. The smallest absolute Gasteiger partial charge is 0.214 e. The number of aromatic nitrogens is 4. The van der Waals surface area contributed by atoms with E-state index in [1.807, 2.05) is 12.1 Å². The number of nitrogens with zero attached hydrogens (tertiary/aromatic N) is 3. The maximum absolute atomic E-state index is 14.1. The van der Waals surface area contributed by atoms with E-state index in [4.69, 9.17) is 44.9 Å². The minimum Gasteiger partial charge on any atom is -0.493 e. The van der Waals surface area contributed by atoms with Crippen molar-refractivity contribution in [3.05, 3.63) is 86.6 Å². The van der Waals surface area contributed by atoms with E-state index in [1.54, 1.807) is 35.3 Å². The second-order valence-corrected chi connectivity index (χ2v) is 8.06. The molecule has 0 unspecified atom stereocenters. The standard InChI is InChI=1S/C22H18Cl2FN5O2S/c1-31-19-10-13(9-17(24)20(19)32-12-15-16(23)3-2-4-18(15)25)11-27-30-21(28-29-22(30)33)14-5-7-26-8-6-14/h2-10,27H,11-12H2,1H3,(H,29,33). The van der Waals surface area contributed by atoms with Crippen LogP contribution < -0.4 is 14.9 Å². The summed E-state index contributed by atoms with van der Waals surface area (Å²) in [6, 6.07) is 11.6. The van der Waals surface area contributed by atoms with Crippen molar-refractivity contribution < 1.29 is 13.9 Å². The van der Waals surface area contributed by atoms with E-state index in [1.165, 1.54) is 19.2 Å². The van der Waals surface area contributed by atoms with Crippen LogP contribution in [0.4, 0.5) is 4.39 Å². The highest BCUT2D eigenvalue weighted by Gasteiger charge is 2.16. The number of rotatable bonds is 8. The van der Waals surface area contributed by atoms with Crippen LogP contribution in [-0.4, -0.2) is 27.0 Å². The monoisotopic (exact) mass is 505 g/mol. The average Bonchev–Trinajstić information content (AvgIpc) is 3.18. The van der Waals surface area contributed by atoms with E-state index in [-0.39, 0.29) is 17.2 Å². The zero-order valence-electron chi connectivity index (χ0n) is 17.3. The summed E-state index contributed by atoms with van der Waals surface area (Å²) >= 11 is 17.9. The lowest BCUT2D eigenvalue weighted by Gasteiger charge is -2.16. The summed E-state index contributed by atoms with van der Waals surface area (Å²) in [5.41, 5.74) is 5.11. The van der Waals surface area contributed by atoms with Crippen LogP contribution in [0.5, 0.6) is 11.5 Å². The molecule has 11 heteroatoms. The number of hydrogen-bond acceptors (Lipinski definition) is 6. The molecular weight excluding hydrogens is 488 g/mol. The second-order valence-electron chi connectivity index (χ2n) is 6.86. The molecule has 0 spiro atoms. The van der Waals surface area contributed by atoms with Gasteiger partial charge in [-0.05, 0) is 54.2 Å². The van der Waals surface area contributed by atoms with Gasteiger partial charge in [0, 0.05) is 23.5 Å². The quantitative estimate of drug-likeness (QED) is 0.295. The first kappa shape index (κ1) is 23.0. The summed E-state index contributed by atoms with van der Waals surface area (Å²) in [6.45, 7) is 0.264. The van der Waals surface area contributed by atoms with Gasteiger partial charge in [0.25, 0.3) is 0 Å². The van der Waals surface area contributed by atoms with E-state index in [0.717, 1.165) is 11.1 Å². The Morgan fingerprint density at radius 2 is 1.94 bits per heavy atom. The van der Waals surface area contributed by atoms with E-state index in [9.17, 15) is 4.39 Å². The van der Waals surface area contributed by atoms with Crippen molar-refractivity contribution in [1.29, 1.82) is 0 Å². The molecule has 2 aromatic heterocycles. The summed E-state index contributed by atoms with van der Waals surface area (Å²) in [6.07, 6.45) is 3.35. The number of H-pyrrole nitrogens is 1. The molecule has 2 heterocycles. The summed E-state index contributed by atoms with van der Waals surface area (Å²) in [4.78, 5) is 4.02. The van der Waals surface area contributed by atoms with Gasteiger partial charge in [0.1, 0.15) is 12.4 Å². The van der Waals surface area contributed by atoms with Crippen LogP contribution in [0.2, 0.25) is 10.0 Å². The molecule has 170 valence electrons. The molecular formula is C22H18Cl2FN5O2S. The predicted molar refractivity (Wildman–Crippen MR) is 127 cm³/mol. The summed E-state index contributed by atoms with van der Waals surface area (Å²) in [5, 5.41) is 7.63. The lowest BCUT2D eigenvalue weighted by atomic mass is 10.2. The van der Waals surface area contributed by atoms with Crippen LogP contribution in [-0.2, 0) is 13.2 Å². The van der Waals surface area contributed by atoms with Gasteiger partial charge in [0.05, 0.1) is 23.7 Å². The number of halogens is 3. The Hall–Kier alpha value is -3.14. The third-order valence-corrected chi connectivity index (χ3v) is 5.67. The van der Waals surface area contributed by atoms with E-state index < -0.39 is 5.82 Å². The van der Waals surface area contributed by atoms with Gasteiger partial charge in [-0.25, -0.2) is 14.2 Å². The molecule has 0 aliphatic rings. The Kier molecular flexibility index (Phi) is 7.12. The lowest BCUT2D eigenvalue weighted by molar-refractivity contribution is 0.280. The summed E-state index contributed by atoms with van der Waals surface area (Å²) < 4.78 is 27.3. The number of nitrogens with one attached hydrogen (secondary N) is 2. The highest BCUT2D eigenvalue weighted by Crippen LogP contribution is 2.37. The fraction of sp³-hybridized carbons (Fsp3) is 0.136. The molecule has 0 radical (unpaired) electrons. The number of benzene rings is 2. The van der Waals surface area contributed by atoms with Crippen molar-refractivity contribution in [2.45, 2.75) is 13.2 Å². The second kappa shape index (κ2) is 10.2. The number of ether oxygens (including phenoxy) is 2. The van der Waals surface area contributed by atoms with Crippen molar-refractivity contribution in [2.75, 3.05) is 12.5 Å². The molecule has 0 aliphatic heterocycles. The molecule has 0 amide bonds. The highest BCUT2D eigenvalue weighted by atomic mass is 35.5. The van der Waals surface area contributed by atoms with Gasteiger partial charge in [-0.1, -0.05) is 29.3 Å². The largest absolute Gasteiger partial charge is 0.493 e. The van der Waals surface area contributed by atoms with Crippen molar-refractivity contribution in [3.8, 4) is 22.9 Å². The molecule has 2 N–H and O–H groups in total. The molecule has 0 fully saturated rings. The fourth-order valence-electron chi connectivity index (χ4n) is 3.14. The summed E-state index contributed by atoms with van der Waals surface area (Å²) in [7, 11) is 1.50. The van der Waals surface area contributed by atoms with Gasteiger partial charge in [-0.3, -0.25) is 4.98 Å². The van der Waals surface area contributed by atoms with Gasteiger partial charge in [0.2, 0.25) is 4.77 Å². The fourth-order valence-corrected chi connectivity index (χ4v) is 3.84. The zero-order chi connectivity index (χ0) is 23.4. The Balaban J connectivity index is 1.53. The Morgan fingerprint density at radius 3 is 2.67 bits per heavy atom. The Labute approximate surface area is 204 Å². The predicted octanol–water partition coefficient (Wildman–Crippen LogP) is 5.78. The maximum atomic E-state index is 14.1. The van der Waals surface area contributed by atoms with Crippen LogP contribution in [0.15, 0.2) is 54.9 Å². The van der Waals surface area contributed by atoms with Gasteiger partial charge in [0.15, 0.2) is 17.3 Å². The number of hydrogen-bond donors (Lipinski definition) is 2. The van der Waals surface area contributed by atoms with Crippen LogP contribution in [0.25, 0.3) is 11.4 Å². The number of aromatic amines is 1.